The van der Waals surface area contributed by atoms with Crippen molar-refractivity contribution in [2.24, 2.45) is 11.8 Å². The summed E-state index contributed by atoms with van der Waals surface area (Å²) in [6.07, 6.45) is 9.92. The third-order valence-corrected chi connectivity index (χ3v) is 4.65. The van der Waals surface area contributed by atoms with Gasteiger partial charge in [-0.3, -0.25) is 0 Å². The lowest BCUT2D eigenvalue weighted by atomic mass is 9.85. The Morgan fingerprint density at radius 3 is 2.39 bits per heavy atom. The van der Waals surface area contributed by atoms with Gasteiger partial charge in [-0.15, -0.1) is 0 Å². The molecule has 0 saturated heterocycles. The summed E-state index contributed by atoms with van der Waals surface area (Å²) in [4.78, 5) is 0. The molecule has 18 heavy (non-hydrogen) atoms. The maximum absolute atomic E-state index is 3.75. The van der Waals surface area contributed by atoms with E-state index in [4.69, 9.17) is 0 Å². The molecule has 2 saturated carbocycles. The van der Waals surface area contributed by atoms with Crippen LogP contribution in [0.2, 0.25) is 0 Å². The molecule has 98 valence electrons. The van der Waals surface area contributed by atoms with Gasteiger partial charge in [0.2, 0.25) is 0 Å². The molecule has 1 nitrogen and oxygen atoms in total. The molecule has 1 N–H and O–H groups in total. The molecule has 3 rings (SSSR count). The van der Waals surface area contributed by atoms with Gasteiger partial charge in [0.1, 0.15) is 0 Å². The zero-order valence-corrected chi connectivity index (χ0v) is 11.3. The van der Waals surface area contributed by atoms with E-state index in [9.17, 15) is 0 Å². The van der Waals surface area contributed by atoms with Crippen molar-refractivity contribution in [2.75, 3.05) is 6.54 Å². The van der Waals surface area contributed by atoms with Crippen LogP contribution < -0.4 is 5.32 Å². The van der Waals surface area contributed by atoms with Gasteiger partial charge in [0.15, 0.2) is 0 Å². The molecular formula is C17H25N. The van der Waals surface area contributed by atoms with E-state index in [-0.39, 0.29) is 0 Å². The van der Waals surface area contributed by atoms with Crippen molar-refractivity contribution in [1.82, 2.24) is 5.32 Å². The molecule has 0 spiro atoms. The van der Waals surface area contributed by atoms with E-state index < -0.39 is 0 Å². The fourth-order valence-electron chi connectivity index (χ4n) is 3.36. The Morgan fingerprint density at radius 1 is 1.00 bits per heavy atom. The third kappa shape index (κ3) is 3.35. The minimum absolute atomic E-state index is 0.852. The van der Waals surface area contributed by atoms with Crippen molar-refractivity contribution in [1.29, 1.82) is 0 Å². The average Bonchev–Trinajstić information content (AvgIpc) is 3.08. The van der Waals surface area contributed by atoms with E-state index >= 15 is 0 Å². The van der Waals surface area contributed by atoms with Crippen LogP contribution in [0.3, 0.4) is 0 Å². The zero-order valence-electron chi connectivity index (χ0n) is 11.3. The summed E-state index contributed by atoms with van der Waals surface area (Å²) in [5, 5.41) is 3.75. The molecule has 1 heteroatoms. The van der Waals surface area contributed by atoms with E-state index in [1.54, 1.807) is 0 Å². The molecule has 0 amide bonds. The van der Waals surface area contributed by atoms with Crippen LogP contribution >= 0.6 is 0 Å². The van der Waals surface area contributed by atoms with Crippen molar-refractivity contribution in [3.05, 3.63) is 35.9 Å². The minimum atomic E-state index is 0.852. The Balaban J connectivity index is 1.59. The number of nitrogens with one attached hydrogen (secondary N) is 1. The Hall–Kier alpha value is -0.820. The highest BCUT2D eigenvalue weighted by Gasteiger charge is 2.27. The molecule has 1 unspecified atom stereocenters. The number of benzene rings is 1. The van der Waals surface area contributed by atoms with Crippen LogP contribution in [0.1, 0.15) is 44.1 Å². The van der Waals surface area contributed by atoms with Gasteiger partial charge in [0.05, 0.1) is 0 Å². The lowest BCUT2D eigenvalue weighted by Crippen LogP contribution is -2.30. The van der Waals surface area contributed by atoms with E-state index in [1.807, 2.05) is 0 Å². The predicted molar refractivity (Wildman–Crippen MR) is 76.6 cm³/mol. The lowest BCUT2D eigenvalue weighted by molar-refractivity contribution is 0.320. The summed E-state index contributed by atoms with van der Waals surface area (Å²) in [7, 11) is 0. The number of rotatable bonds is 6. The normalized spacial score (nSPS) is 22.2. The Morgan fingerprint density at radius 2 is 1.72 bits per heavy atom. The number of hydrogen-bond donors (Lipinski definition) is 1. The van der Waals surface area contributed by atoms with Gasteiger partial charge >= 0.3 is 0 Å². The molecule has 2 aliphatic carbocycles. The second kappa shape index (κ2) is 5.88. The van der Waals surface area contributed by atoms with Gasteiger partial charge in [0.25, 0.3) is 0 Å². The van der Waals surface area contributed by atoms with Gasteiger partial charge in [-0.25, -0.2) is 0 Å². The van der Waals surface area contributed by atoms with Gasteiger partial charge in [0, 0.05) is 6.04 Å². The van der Waals surface area contributed by atoms with Crippen LogP contribution in [0.15, 0.2) is 30.3 Å². The monoisotopic (exact) mass is 243 g/mol. The highest BCUT2D eigenvalue weighted by molar-refractivity contribution is 5.15. The second-order valence-electron chi connectivity index (χ2n) is 6.18. The quantitative estimate of drug-likeness (QED) is 0.801. The van der Waals surface area contributed by atoms with Crippen LogP contribution in [0.4, 0.5) is 0 Å². The van der Waals surface area contributed by atoms with Gasteiger partial charge in [-0.2, -0.15) is 0 Å². The van der Waals surface area contributed by atoms with Crippen LogP contribution in [-0.4, -0.2) is 12.6 Å². The standard InChI is InChI=1S/C17H25N/c1-2-6-14(7-3-1)12-16(13-18-17-10-11-17)15-8-4-5-9-15/h1-3,6-7,15-18H,4-5,8-13H2. The third-order valence-electron chi connectivity index (χ3n) is 4.65. The van der Waals surface area contributed by atoms with Crippen molar-refractivity contribution < 1.29 is 0 Å². The summed E-state index contributed by atoms with van der Waals surface area (Å²) in [6.45, 7) is 1.24. The summed E-state index contributed by atoms with van der Waals surface area (Å²) < 4.78 is 0. The van der Waals surface area contributed by atoms with Crippen molar-refractivity contribution in [3.8, 4) is 0 Å². The van der Waals surface area contributed by atoms with Gasteiger partial charge < -0.3 is 5.32 Å². The first kappa shape index (κ1) is 12.2. The van der Waals surface area contributed by atoms with Gasteiger partial charge in [-0.05, 0) is 43.2 Å². The Labute approximate surface area is 111 Å². The first-order valence-electron chi connectivity index (χ1n) is 7.69. The second-order valence-corrected chi connectivity index (χ2v) is 6.18. The first-order chi connectivity index (χ1) is 8.92. The van der Waals surface area contributed by atoms with Crippen molar-refractivity contribution in [3.63, 3.8) is 0 Å². The minimum Gasteiger partial charge on any atom is -0.314 e. The molecule has 0 bridgehead atoms. The van der Waals surface area contributed by atoms with Crippen molar-refractivity contribution >= 4 is 0 Å². The Kier molecular flexibility index (Phi) is 3.99. The maximum Gasteiger partial charge on any atom is 0.00683 e. The van der Waals surface area contributed by atoms with Crippen LogP contribution in [0.25, 0.3) is 0 Å². The topological polar surface area (TPSA) is 12.0 Å². The molecular weight excluding hydrogens is 218 g/mol. The predicted octanol–water partition coefficient (Wildman–Crippen LogP) is 3.79. The van der Waals surface area contributed by atoms with Crippen molar-refractivity contribution in [2.45, 2.75) is 51.0 Å². The molecule has 2 aliphatic rings. The maximum atomic E-state index is 3.75. The van der Waals surface area contributed by atoms with Crippen LogP contribution in [0.5, 0.6) is 0 Å². The largest absolute Gasteiger partial charge is 0.314 e. The summed E-state index contributed by atoms with van der Waals surface area (Å²) in [5.74, 6) is 1.83. The first-order valence-corrected chi connectivity index (χ1v) is 7.69. The number of hydrogen-bond acceptors (Lipinski definition) is 1. The molecule has 1 aromatic carbocycles. The molecule has 1 atom stereocenters. The van der Waals surface area contributed by atoms with E-state index in [0.717, 1.165) is 17.9 Å². The SMILES string of the molecule is c1ccc(CC(CNC2CC2)C2CCCC2)cc1. The highest BCUT2D eigenvalue weighted by atomic mass is 14.9. The smallest absolute Gasteiger partial charge is 0.00683 e. The highest BCUT2D eigenvalue weighted by Crippen LogP contribution is 2.33. The fourth-order valence-corrected chi connectivity index (χ4v) is 3.36. The molecule has 0 aromatic heterocycles. The molecule has 1 aromatic rings. The summed E-state index contributed by atoms with van der Waals surface area (Å²) in [6, 6.07) is 11.9. The van der Waals surface area contributed by atoms with Gasteiger partial charge in [-0.1, -0.05) is 56.0 Å². The zero-order chi connectivity index (χ0) is 12.2. The Bertz CT molecular complexity index is 349. The molecule has 0 heterocycles. The lowest BCUT2D eigenvalue weighted by Gasteiger charge is -2.24. The summed E-state index contributed by atoms with van der Waals surface area (Å²) >= 11 is 0. The van der Waals surface area contributed by atoms with E-state index in [1.165, 1.54) is 57.1 Å². The summed E-state index contributed by atoms with van der Waals surface area (Å²) in [5.41, 5.74) is 1.52. The molecule has 0 radical (unpaired) electrons. The average molecular weight is 243 g/mol. The molecule has 2 fully saturated rings. The molecule has 0 aliphatic heterocycles. The van der Waals surface area contributed by atoms with E-state index in [0.29, 0.717) is 0 Å². The van der Waals surface area contributed by atoms with Crippen LogP contribution in [-0.2, 0) is 6.42 Å². The van der Waals surface area contributed by atoms with E-state index in [2.05, 4.69) is 35.6 Å². The fraction of sp³-hybridized carbons (Fsp3) is 0.647. The van der Waals surface area contributed by atoms with Crippen LogP contribution in [0, 0.1) is 11.8 Å².